The van der Waals surface area contributed by atoms with Crippen molar-refractivity contribution in [3.63, 3.8) is 0 Å². The second-order valence-corrected chi connectivity index (χ2v) is 4.75. The Balaban J connectivity index is 3.18. The topological polar surface area (TPSA) is 38.1 Å². The summed E-state index contributed by atoms with van der Waals surface area (Å²) in [4.78, 5) is 13.7. The largest absolute Gasteiger partial charge is 0.436 e. The number of carbonyl (C=O) groups excluding carboxylic acids is 1. The van der Waals surface area contributed by atoms with Gasteiger partial charge in [-0.15, -0.1) is 0 Å². The van der Waals surface area contributed by atoms with Crippen LogP contribution < -0.4 is 0 Å². The van der Waals surface area contributed by atoms with Gasteiger partial charge in [0.2, 0.25) is 5.91 Å². The van der Waals surface area contributed by atoms with Gasteiger partial charge in [0, 0.05) is 13.1 Å². The van der Waals surface area contributed by atoms with E-state index in [1.54, 1.807) is 13.8 Å². The number of aromatic nitrogens is 2. The van der Waals surface area contributed by atoms with E-state index in [0.29, 0.717) is 13.1 Å². The molecular formula is C12H17ClF3N3O. The van der Waals surface area contributed by atoms with Crippen molar-refractivity contribution >= 4 is 17.5 Å². The molecule has 0 aromatic carbocycles. The van der Waals surface area contributed by atoms with Crippen molar-refractivity contribution in [2.75, 3.05) is 13.1 Å². The molecule has 20 heavy (non-hydrogen) atoms. The van der Waals surface area contributed by atoms with Crippen LogP contribution in [0, 0.1) is 6.92 Å². The molecule has 0 aliphatic rings. The lowest BCUT2D eigenvalue weighted by Crippen LogP contribution is -2.36. The minimum Gasteiger partial charge on any atom is -0.341 e. The average Bonchev–Trinajstić information content (AvgIpc) is 2.66. The third kappa shape index (κ3) is 3.08. The molecule has 0 aliphatic carbocycles. The van der Waals surface area contributed by atoms with Gasteiger partial charge in [-0.3, -0.25) is 9.48 Å². The van der Waals surface area contributed by atoms with Crippen LogP contribution in [0.25, 0.3) is 0 Å². The van der Waals surface area contributed by atoms with Crippen LogP contribution in [0.2, 0.25) is 5.02 Å². The van der Waals surface area contributed by atoms with E-state index >= 15 is 0 Å². The number of amides is 1. The molecule has 0 aliphatic heterocycles. The zero-order valence-corrected chi connectivity index (χ0v) is 12.5. The average molecular weight is 312 g/mol. The van der Waals surface area contributed by atoms with Crippen molar-refractivity contribution in [1.82, 2.24) is 14.7 Å². The predicted octanol–water partition coefficient (Wildman–Crippen LogP) is 3.29. The van der Waals surface area contributed by atoms with Crippen molar-refractivity contribution in [2.45, 2.75) is 39.9 Å². The Labute approximate surface area is 120 Å². The highest BCUT2D eigenvalue weighted by molar-refractivity contribution is 6.32. The predicted molar refractivity (Wildman–Crippen MR) is 69.6 cm³/mol. The normalized spacial score (nSPS) is 13.4. The van der Waals surface area contributed by atoms with E-state index in [9.17, 15) is 18.0 Å². The quantitative estimate of drug-likeness (QED) is 0.855. The molecule has 0 fully saturated rings. The molecule has 4 nitrogen and oxygen atoms in total. The molecule has 0 N–H and O–H groups in total. The minimum absolute atomic E-state index is 0.131. The fourth-order valence-corrected chi connectivity index (χ4v) is 2.19. The molecule has 1 atom stereocenters. The maximum absolute atomic E-state index is 12.7. The number of alkyl halides is 3. The zero-order chi connectivity index (χ0) is 15.7. The summed E-state index contributed by atoms with van der Waals surface area (Å²) in [6.45, 7) is 7.50. The second-order valence-electron chi connectivity index (χ2n) is 4.38. The molecule has 0 spiro atoms. The second kappa shape index (κ2) is 6.03. The van der Waals surface area contributed by atoms with E-state index in [2.05, 4.69) is 5.10 Å². The van der Waals surface area contributed by atoms with E-state index in [-0.39, 0.29) is 11.6 Å². The van der Waals surface area contributed by atoms with Gasteiger partial charge in [-0.2, -0.15) is 18.3 Å². The Morgan fingerprint density at radius 3 is 2.25 bits per heavy atom. The maximum atomic E-state index is 12.7. The van der Waals surface area contributed by atoms with Crippen molar-refractivity contribution in [1.29, 1.82) is 0 Å². The first-order chi connectivity index (χ1) is 9.15. The lowest BCUT2D eigenvalue weighted by atomic mass is 10.2. The van der Waals surface area contributed by atoms with Crippen LogP contribution in [0.1, 0.15) is 38.2 Å². The smallest absolute Gasteiger partial charge is 0.341 e. The highest BCUT2D eigenvalue weighted by Crippen LogP contribution is 2.36. The summed E-state index contributed by atoms with van der Waals surface area (Å²) in [5.74, 6) is -0.286. The molecular weight excluding hydrogens is 295 g/mol. The van der Waals surface area contributed by atoms with E-state index in [0.717, 1.165) is 4.68 Å². The third-order valence-corrected chi connectivity index (χ3v) is 3.60. The van der Waals surface area contributed by atoms with Gasteiger partial charge in [0.05, 0.1) is 10.7 Å². The molecule has 1 aromatic rings. The first kappa shape index (κ1) is 16.8. The fourth-order valence-electron chi connectivity index (χ4n) is 1.96. The molecule has 0 saturated carbocycles. The summed E-state index contributed by atoms with van der Waals surface area (Å²) in [5.41, 5.74) is -1.03. The molecule has 1 rings (SSSR count). The Morgan fingerprint density at radius 1 is 1.40 bits per heavy atom. The number of nitrogens with zero attached hydrogens (tertiary/aromatic N) is 3. The number of carbonyl (C=O) groups is 1. The Morgan fingerprint density at radius 2 is 1.90 bits per heavy atom. The van der Waals surface area contributed by atoms with E-state index in [4.69, 9.17) is 11.6 Å². The highest BCUT2D eigenvalue weighted by atomic mass is 35.5. The number of hydrogen-bond acceptors (Lipinski definition) is 2. The first-order valence-corrected chi connectivity index (χ1v) is 6.63. The van der Waals surface area contributed by atoms with Gasteiger partial charge in [0.15, 0.2) is 5.69 Å². The van der Waals surface area contributed by atoms with Gasteiger partial charge in [0.25, 0.3) is 0 Å². The Hall–Kier alpha value is -1.24. The van der Waals surface area contributed by atoms with Crippen LogP contribution in [0.4, 0.5) is 13.2 Å². The molecule has 0 bridgehead atoms. The summed E-state index contributed by atoms with van der Waals surface area (Å²) >= 11 is 5.67. The lowest BCUT2D eigenvalue weighted by molar-refractivity contribution is -0.142. The minimum atomic E-state index is -4.63. The van der Waals surface area contributed by atoms with Crippen molar-refractivity contribution in [2.24, 2.45) is 0 Å². The molecule has 0 saturated heterocycles. The number of hydrogen-bond donors (Lipinski definition) is 0. The van der Waals surface area contributed by atoms with Gasteiger partial charge < -0.3 is 4.90 Å². The van der Waals surface area contributed by atoms with Crippen LogP contribution in [0.5, 0.6) is 0 Å². The van der Waals surface area contributed by atoms with Gasteiger partial charge in [0.1, 0.15) is 6.04 Å². The van der Waals surface area contributed by atoms with Crippen LogP contribution in [0.3, 0.4) is 0 Å². The van der Waals surface area contributed by atoms with Crippen LogP contribution in [0.15, 0.2) is 0 Å². The summed E-state index contributed by atoms with van der Waals surface area (Å²) in [5, 5.41) is 3.00. The molecule has 114 valence electrons. The van der Waals surface area contributed by atoms with Gasteiger partial charge >= 0.3 is 6.18 Å². The lowest BCUT2D eigenvalue weighted by Gasteiger charge is -2.23. The Kier molecular flexibility index (Phi) is 5.07. The fraction of sp³-hybridized carbons (Fsp3) is 0.667. The SMILES string of the molecule is CCN(CC)C(=O)[C@@H](C)n1nc(C(F)(F)F)c(Cl)c1C. The van der Waals surface area contributed by atoms with E-state index in [1.165, 1.54) is 18.7 Å². The summed E-state index contributed by atoms with van der Waals surface area (Å²) in [6.07, 6.45) is -4.63. The van der Waals surface area contributed by atoms with Crippen LogP contribution in [-0.4, -0.2) is 33.7 Å². The van der Waals surface area contributed by atoms with Crippen molar-refractivity contribution in [3.8, 4) is 0 Å². The zero-order valence-electron chi connectivity index (χ0n) is 11.8. The molecule has 1 amide bonds. The molecule has 1 heterocycles. The van der Waals surface area contributed by atoms with Crippen molar-refractivity contribution in [3.05, 3.63) is 16.4 Å². The summed E-state index contributed by atoms with van der Waals surface area (Å²) < 4.78 is 39.3. The van der Waals surface area contributed by atoms with Gasteiger partial charge in [-0.1, -0.05) is 11.6 Å². The van der Waals surface area contributed by atoms with E-state index < -0.39 is 22.9 Å². The van der Waals surface area contributed by atoms with Gasteiger partial charge in [-0.25, -0.2) is 0 Å². The third-order valence-electron chi connectivity index (χ3n) is 3.14. The monoisotopic (exact) mass is 311 g/mol. The maximum Gasteiger partial charge on any atom is 0.436 e. The Bertz CT molecular complexity index is 495. The number of rotatable bonds is 4. The van der Waals surface area contributed by atoms with Gasteiger partial charge in [-0.05, 0) is 27.7 Å². The highest BCUT2D eigenvalue weighted by Gasteiger charge is 2.39. The molecule has 0 radical (unpaired) electrons. The molecule has 0 unspecified atom stereocenters. The summed E-state index contributed by atoms with van der Waals surface area (Å²) in [7, 11) is 0. The molecule has 1 aromatic heterocycles. The molecule has 8 heteroatoms. The summed E-state index contributed by atoms with van der Waals surface area (Å²) in [6, 6.07) is -0.830. The number of halogens is 4. The van der Waals surface area contributed by atoms with E-state index in [1.807, 2.05) is 0 Å². The van der Waals surface area contributed by atoms with Crippen LogP contribution >= 0.6 is 11.6 Å². The standard InChI is InChI=1S/C12H17ClF3N3O/c1-5-18(6-2)11(20)8(4)19-7(3)9(13)10(17-19)12(14,15)16/h8H,5-6H2,1-4H3/t8-/m1/s1. The van der Waals surface area contributed by atoms with Crippen LogP contribution in [-0.2, 0) is 11.0 Å². The van der Waals surface area contributed by atoms with Crippen molar-refractivity contribution < 1.29 is 18.0 Å². The number of likely N-dealkylation sites (N-methyl/N-ethyl adjacent to an activating group) is 1. The first-order valence-electron chi connectivity index (χ1n) is 6.25.